The quantitative estimate of drug-likeness (QED) is 0.261. The number of rotatable bonds is 8. The van der Waals surface area contributed by atoms with Gasteiger partial charge in [-0.2, -0.15) is 5.10 Å². The summed E-state index contributed by atoms with van der Waals surface area (Å²) in [6, 6.07) is 16.4. The molecule has 8 heteroatoms. The fourth-order valence-corrected chi connectivity index (χ4v) is 2.80. The second-order valence-corrected chi connectivity index (χ2v) is 6.58. The smallest absolute Gasteiger partial charge is 0.246 e. The Kier molecular flexibility index (Phi) is 7.43. The Morgan fingerprint density at radius 1 is 1.10 bits per heavy atom. The second kappa shape index (κ2) is 10.7. The van der Waals surface area contributed by atoms with Crippen molar-refractivity contribution >= 4 is 17.6 Å². The van der Waals surface area contributed by atoms with E-state index in [4.69, 9.17) is 0 Å². The number of carbonyl (C=O) groups is 1. The van der Waals surface area contributed by atoms with Gasteiger partial charge in [-0.1, -0.05) is 12.1 Å². The Morgan fingerprint density at radius 3 is 2.53 bits per heavy atom. The van der Waals surface area contributed by atoms with Crippen LogP contribution in [-0.2, 0) is 11.2 Å². The summed E-state index contributed by atoms with van der Waals surface area (Å²) in [5, 5.41) is 22.6. The second-order valence-electron chi connectivity index (χ2n) is 6.58. The van der Waals surface area contributed by atoms with Gasteiger partial charge in [-0.25, -0.2) is 9.67 Å². The molecule has 0 saturated carbocycles. The number of phenolic OH excluding ortho intramolecular Hbond substituents is 1. The molecule has 156 valence electrons. The van der Waals surface area contributed by atoms with E-state index >= 15 is 0 Å². The summed E-state index contributed by atoms with van der Waals surface area (Å²) in [5.74, 6) is 0.513. The Bertz CT molecular complexity index is 950. The molecule has 0 saturated heterocycles. The maximum Gasteiger partial charge on any atom is 0.246 e. The van der Waals surface area contributed by atoms with Crippen molar-refractivity contribution in [3.8, 4) is 11.4 Å². The minimum absolute atomic E-state index is 0.00518. The van der Waals surface area contributed by atoms with Gasteiger partial charge < -0.3 is 21.1 Å². The zero-order valence-corrected chi connectivity index (χ0v) is 16.9. The van der Waals surface area contributed by atoms with E-state index in [1.165, 1.54) is 17.7 Å². The molecule has 0 radical (unpaired) electrons. The molecule has 1 aromatic heterocycles. The van der Waals surface area contributed by atoms with E-state index < -0.39 is 0 Å². The predicted molar refractivity (Wildman–Crippen MR) is 118 cm³/mol. The number of benzene rings is 2. The van der Waals surface area contributed by atoms with E-state index in [1.54, 1.807) is 18.3 Å². The third kappa shape index (κ3) is 6.37. The van der Waals surface area contributed by atoms with Crippen LogP contribution in [0.15, 0.2) is 72.0 Å². The van der Waals surface area contributed by atoms with Gasteiger partial charge in [-0.05, 0) is 61.4 Å². The summed E-state index contributed by atoms with van der Waals surface area (Å²) in [7, 11) is 0. The van der Waals surface area contributed by atoms with Crippen LogP contribution in [0.4, 0.5) is 5.69 Å². The van der Waals surface area contributed by atoms with Crippen molar-refractivity contribution in [1.82, 2.24) is 20.4 Å². The average Bonchev–Trinajstić information content (AvgIpc) is 3.29. The Hall–Kier alpha value is -3.81. The van der Waals surface area contributed by atoms with Gasteiger partial charge in [0, 0.05) is 31.2 Å². The predicted octanol–water partition coefficient (Wildman–Crippen LogP) is 2.31. The monoisotopic (exact) mass is 406 g/mol. The van der Waals surface area contributed by atoms with Crippen LogP contribution in [0.5, 0.6) is 5.75 Å². The van der Waals surface area contributed by atoms with Crippen LogP contribution in [-0.4, -0.2) is 46.4 Å². The highest BCUT2D eigenvalue weighted by molar-refractivity contribution is 5.94. The molecule has 0 aliphatic carbocycles. The van der Waals surface area contributed by atoms with Gasteiger partial charge in [0.2, 0.25) is 5.91 Å². The number of anilines is 1. The van der Waals surface area contributed by atoms with Crippen LogP contribution in [0.1, 0.15) is 12.5 Å². The van der Waals surface area contributed by atoms with E-state index in [1.807, 2.05) is 36.0 Å². The molecule has 3 aromatic rings. The Labute approximate surface area is 175 Å². The lowest BCUT2D eigenvalue weighted by Crippen LogP contribution is -2.39. The molecule has 0 aliphatic heterocycles. The molecule has 1 heterocycles. The van der Waals surface area contributed by atoms with Crippen molar-refractivity contribution in [3.05, 3.63) is 72.6 Å². The molecule has 0 aliphatic rings. The third-order valence-electron chi connectivity index (χ3n) is 4.29. The van der Waals surface area contributed by atoms with Gasteiger partial charge in [0.1, 0.15) is 12.3 Å². The van der Waals surface area contributed by atoms with E-state index in [0.717, 1.165) is 12.1 Å². The summed E-state index contributed by atoms with van der Waals surface area (Å²) in [6.07, 6.45) is 4.49. The van der Waals surface area contributed by atoms with Gasteiger partial charge in [-0.3, -0.25) is 4.79 Å². The number of hydrogen-bond donors (Lipinski definition) is 4. The minimum atomic E-state index is -0.230. The Balaban J connectivity index is 1.47. The maximum atomic E-state index is 12.1. The van der Waals surface area contributed by atoms with Crippen molar-refractivity contribution in [1.29, 1.82) is 0 Å². The van der Waals surface area contributed by atoms with Crippen LogP contribution in [0, 0.1) is 0 Å². The fraction of sp³-hybridized carbons (Fsp3) is 0.227. The number of nitrogens with one attached hydrogen (secondary N) is 3. The van der Waals surface area contributed by atoms with Crippen LogP contribution in [0.2, 0.25) is 0 Å². The normalized spacial score (nSPS) is 11.2. The molecular weight excluding hydrogens is 380 g/mol. The lowest BCUT2D eigenvalue weighted by molar-refractivity contribution is -0.114. The number of nitrogens with zero attached hydrogens (tertiary/aromatic N) is 3. The number of carbonyl (C=O) groups excluding carboxylic acids is 1. The molecular formula is C22H26N6O2. The van der Waals surface area contributed by atoms with Crippen LogP contribution >= 0.6 is 0 Å². The van der Waals surface area contributed by atoms with E-state index in [0.29, 0.717) is 24.7 Å². The fourth-order valence-electron chi connectivity index (χ4n) is 2.80. The number of hydrogen-bond acceptors (Lipinski definition) is 4. The topological polar surface area (TPSA) is 104 Å². The summed E-state index contributed by atoms with van der Waals surface area (Å²) < 4.78 is 1.82. The largest absolute Gasteiger partial charge is 0.508 e. The first kappa shape index (κ1) is 20.9. The van der Waals surface area contributed by atoms with Gasteiger partial charge in [0.25, 0.3) is 0 Å². The molecule has 0 spiro atoms. The number of aromatic nitrogens is 2. The standard InChI is InChI=1S/C22H26N6O2/c1-2-23-22(25-16-21(30)27-18-6-10-20(29)11-7-18)24-14-12-17-4-8-19(9-5-17)28-15-3-13-26-28/h3-11,13,15,29H,2,12,14,16H2,1H3,(H,27,30)(H2,23,24,25). The number of amides is 1. The summed E-state index contributed by atoms with van der Waals surface area (Å²) in [5.41, 5.74) is 2.83. The van der Waals surface area contributed by atoms with Crippen molar-refractivity contribution < 1.29 is 9.90 Å². The number of aliphatic imine (C=N–C) groups is 1. The van der Waals surface area contributed by atoms with Crippen LogP contribution < -0.4 is 16.0 Å². The van der Waals surface area contributed by atoms with Crippen molar-refractivity contribution in [2.24, 2.45) is 4.99 Å². The molecule has 0 atom stereocenters. The van der Waals surface area contributed by atoms with Gasteiger partial charge in [-0.15, -0.1) is 0 Å². The lowest BCUT2D eigenvalue weighted by Gasteiger charge is -2.12. The molecule has 30 heavy (non-hydrogen) atoms. The highest BCUT2D eigenvalue weighted by atomic mass is 16.3. The Morgan fingerprint density at radius 2 is 1.87 bits per heavy atom. The highest BCUT2D eigenvalue weighted by Gasteiger charge is 2.04. The summed E-state index contributed by atoms with van der Waals surface area (Å²) in [4.78, 5) is 16.4. The van der Waals surface area contributed by atoms with E-state index in [-0.39, 0.29) is 18.2 Å². The van der Waals surface area contributed by atoms with Crippen molar-refractivity contribution in [2.75, 3.05) is 25.0 Å². The molecule has 1 amide bonds. The first-order valence-corrected chi connectivity index (χ1v) is 9.84. The highest BCUT2D eigenvalue weighted by Crippen LogP contribution is 2.13. The van der Waals surface area contributed by atoms with Gasteiger partial charge in [0.05, 0.1) is 5.69 Å². The first-order chi connectivity index (χ1) is 14.6. The molecule has 0 fully saturated rings. The lowest BCUT2D eigenvalue weighted by atomic mass is 10.1. The average molecular weight is 406 g/mol. The molecule has 2 aromatic carbocycles. The molecule has 0 bridgehead atoms. The van der Waals surface area contributed by atoms with Crippen molar-refractivity contribution in [2.45, 2.75) is 13.3 Å². The molecule has 8 nitrogen and oxygen atoms in total. The van der Waals surface area contributed by atoms with E-state index in [9.17, 15) is 9.90 Å². The third-order valence-corrected chi connectivity index (χ3v) is 4.29. The van der Waals surface area contributed by atoms with Crippen LogP contribution in [0.3, 0.4) is 0 Å². The molecule has 0 unspecified atom stereocenters. The first-order valence-electron chi connectivity index (χ1n) is 9.84. The van der Waals surface area contributed by atoms with Crippen molar-refractivity contribution in [3.63, 3.8) is 0 Å². The number of aromatic hydroxyl groups is 1. The maximum absolute atomic E-state index is 12.1. The van der Waals surface area contributed by atoms with Crippen LogP contribution in [0.25, 0.3) is 5.69 Å². The molecule has 3 rings (SSSR count). The van der Waals surface area contributed by atoms with Gasteiger partial charge >= 0.3 is 0 Å². The number of phenols is 1. The minimum Gasteiger partial charge on any atom is -0.508 e. The van der Waals surface area contributed by atoms with E-state index in [2.05, 4.69) is 38.2 Å². The SMILES string of the molecule is CCNC(=NCC(=O)Nc1ccc(O)cc1)NCCc1ccc(-n2cccn2)cc1. The molecule has 4 N–H and O–H groups in total. The summed E-state index contributed by atoms with van der Waals surface area (Å²) >= 11 is 0. The van der Waals surface area contributed by atoms with Gasteiger partial charge in [0.15, 0.2) is 5.96 Å². The zero-order chi connectivity index (χ0) is 21.2. The number of guanidine groups is 1. The summed E-state index contributed by atoms with van der Waals surface area (Å²) in [6.45, 7) is 3.35. The zero-order valence-electron chi connectivity index (χ0n) is 16.9.